The number of aliphatic hydroxyl groups excluding tert-OH is 1. The predicted octanol–water partition coefficient (Wildman–Crippen LogP) is 3.46. The summed E-state index contributed by atoms with van der Waals surface area (Å²) < 4.78 is 32.0. The van der Waals surface area contributed by atoms with Gasteiger partial charge in [0, 0.05) is 56.4 Å². The van der Waals surface area contributed by atoms with E-state index in [0.29, 0.717) is 11.6 Å². The Morgan fingerprint density at radius 1 is 1.08 bits per heavy atom. The standard InChI is InChI=1S/C27H28F2N8O2/c1-2-16-10-30-27(31-11-16)35-7-5-18(6-8-35)37-14-21(29)23-24(32-15-33-25(23)37)34-22-4-3-17(9-20(22)28)26(39)36-12-19(38)13-36/h3-4,9-11,14-15,18-19,38H,2,5-8,12-13H2,1H3,(H,32,33,34). The Morgan fingerprint density at radius 3 is 2.49 bits per heavy atom. The Bertz CT molecular complexity index is 1510. The summed E-state index contributed by atoms with van der Waals surface area (Å²) in [5.41, 5.74) is 1.75. The molecule has 0 bridgehead atoms. The average molecular weight is 535 g/mol. The van der Waals surface area contributed by atoms with E-state index in [1.54, 1.807) is 0 Å². The molecule has 2 aliphatic heterocycles. The van der Waals surface area contributed by atoms with Crippen LogP contribution in [-0.2, 0) is 6.42 Å². The van der Waals surface area contributed by atoms with Crippen LogP contribution in [0.15, 0.2) is 43.1 Å². The second-order valence-corrected chi connectivity index (χ2v) is 9.95. The summed E-state index contributed by atoms with van der Waals surface area (Å²) in [5, 5.41) is 12.5. The summed E-state index contributed by atoms with van der Waals surface area (Å²) in [6.07, 6.45) is 8.30. The van der Waals surface area contributed by atoms with E-state index in [0.717, 1.165) is 44.0 Å². The van der Waals surface area contributed by atoms with Crippen molar-refractivity contribution < 1.29 is 18.7 Å². The summed E-state index contributed by atoms with van der Waals surface area (Å²) in [6, 6.07) is 4.06. The number of likely N-dealkylation sites (tertiary alicyclic amines) is 1. The van der Waals surface area contributed by atoms with Crippen molar-refractivity contribution in [1.82, 2.24) is 29.4 Å². The lowest BCUT2D eigenvalue weighted by Crippen LogP contribution is -2.53. The van der Waals surface area contributed by atoms with Gasteiger partial charge in [-0.05, 0) is 43.0 Å². The molecule has 0 aliphatic carbocycles. The summed E-state index contributed by atoms with van der Waals surface area (Å²) in [6.45, 7) is 3.97. The first kappa shape index (κ1) is 25.1. The summed E-state index contributed by atoms with van der Waals surface area (Å²) in [7, 11) is 0. The number of aryl methyl sites for hydroxylation is 1. The molecule has 2 fully saturated rings. The number of rotatable bonds is 6. The van der Waals surface area contributed by atoms with Crippen molar-refractivity contribution in [3.8, 4) is 0 Å². The fraction of sp³-hybridized carbons (Fsp3) is 0.370. The first-order valence-electron chi connectivity index (χ1n) is 13.0. The summed E-state index contributed by atoms with van der Waals surface area (Å²) >= 11 is 0. The molecule has 5 heterocycles. The van der Waals surface area contributed by atoms with E-state index in [-0.39, 0.29) is 47.5 Å². The van der Waals surface area contributed by atoms with Crippen molar-refractivity contribution in [2.75, 3.05) is 36.4 Å². The number of carbonyl (C=O) groups excluding carboxylic acids is 1. The van der Waals surface area contributed by atoms with Crippen molar-refractivity contribution in [2.45, 2.75) is 38.3 Å². The van der Waals surface area contributed by atoms with Gasteiger partial charge in [0.15, 0.2) is 5.82 Å². The smallest absolute Gasteiger partial charge is 0.254 e. The highest BCUT2D eigenvalue weighted by Gasteiger charge is 2.30. The molecule has 202 valence electrons. The molecule has 2 N–H and O–H groups in total. The Hall–Kier alpha value is -4.19. The normalized spacial score (nSPS) is 16.5. The minimum absolute atomic E-state index is 0.0213. The SMILES string of the molecule is CCc1cnc(N2CCC(n3cc(F)c4c(Nc5ccc(C(=O)N6CC(O)C6)cc5F)ncnc43)CC2)nc1. The molecule has 0 unspecified atom stereocenters. The number of hydrogen-bond acceptors (Lipinski definition) is 8. The number of halogens is 2. The second kappa shape index (κ2) is 10.2. The lowest BCUT2D eigenvalue weighted by atomic mass is 10.1. The van der Waals surface area contributed by atoms with Gasteiger partial charge in [-0.3, -0.25) is 4.79 Å². The van der Waals surface area contributed by atoms with E-state index >= 15 is 4.39 Å². The van der Waals surface area contributed by atoms with Gasteiger partial charge in [0.2, 0.25) is 5.95 Å². The lowest BCUT2D eigenvalue weighted by Gasteiger charge is -2.35. The number of amides is 1. The first-order chi connectivity index (χ1) is 18.9. The molecule has 4 aromatic rings. The lowest BCUT2D eigenvalue weighted by molar-refractivity contribution is 0.00587. The Morgan fingerprint density at radius 2 is 1.82 bits per heavy atom. The quantitative estimate of drug-likeness (QED) is 0.387. The van der Waals surface area contributed by atoms with Crippen molar-refractivity contribution in [3.63, 3.8) is 0 Å². The summed E-state index contributed by atoms with van der Waals surface area (Å²) in [4.78, 5) is 33.5. The van der Waals surface area contributed by atoms with Crippen molar-refractivity contribution in [1.29, 1.82) is 0 Å². The number of piperidine rings is 1. The highest BCUT2D eigenvalue weighted by molar-refractivity contribution is 5.95. The number of benzene rings is 1. The number of nitrogens with one attached hydrogen (secondary N) is 1. The molecule has 1 aromatic carbocycles. The predicted molar refractivity (Wildman–Crippen MR) is 141 cm³/mol. The molecular weight excluding hydrogens is 506 g/mol. The van der Waals surface area contributed by atoms with E-state index in [4.69, 9.17) is 0 Å². The van der Waals surface area contributed by atoms with Gasteiger partial charge in [-0.2, -0.15) is 0 Å². The number of fused-ring (bicyclic) bond motifs is 1. The maximum Gasteiger partial charge on any atom is 0.254 e. The molecule has 12 heteroatoms. The summed E-state index contributed by atoms with van der Waals surface area (Å²) in [5.74, 6) is -0.691. The van der Waals surface area contributed by atoms with Crippen LogP contribution in [0.3, 0.4) is 0 Å². The zero-order valence-corrected chi connectivity index (χ0v) is 21.4. The van der Waals surface area contributed by atoms with Gasteiger partial charge in [-0.15, -0.1) is 0 Å². The first-order valence-corrected chi connectivity index (χ1v) is 13.0. The molecule has 39 heavy (non-hydrogen) atoms. The number of aromatic nitrogens is 5. The van der Waals surface area contributed by atoms with Crippen LogP contribution in [0, 0.1) is 11.6 Å². The van der Waals surface area contributed by atoms with Crippen LogP contribution >= 0.6 is 0 Å². The zero-order valence-electron chi connectivity index (χ0n) is 21.4. The monoisotopic (exact) mass is 534 g/mol. The van der Waals surface area contributed by atoms with Crippen LogP contribution in [0.2, 0.25) is 0 Å². The highest BCUT2D eigenvalue weighted by atomic mass is 19.1. The molecule has 0 radical (unpaired) electrons. The minimum Gasteiger partial charge on any atom is -0.389 e. The van der Waals surface area contributed by atoms with E-state index in [2.05, 4.69) is 37.1 Å². The van der Waals surface area contributed by atoms with Crippen LogP contribution in [0.4, 0.5) is 26.2 Å². The number of aliphatic hydroxyl groups is 1. The van der Waals surface area contributed by atoms with Crippen LogP contribution in [-0.4, -0.2) is 72.7 Å². The molecule has 3 aromatic heterocycles. The maximum atomic E-state index is 15.2. The number of hydrogen-bond donors (Lipinski definition) is 2. The van der Waals surface area contributed by atoms with Gasteiger partial charge in [0.05, 0.1) is 17.2 Å². The molecule has 6 rings (SSSR count). The van der Waals surface area contributed by atoms with E-state index in [9.17, 15) is 14.3 Å². The van der Waals surface area contributed by atoms with Crippen molar-refractivity contribution in [3.05, 3.63) is 65.9 Å². The Balaban J connectivity index is 1.19. The molecule has 0 spiro atoms. The molecule has 2 aliphatic rings. The minimum atomic E-state index is -0.671. The number of anilines is 3. The largest absolute Gasteiger partial charge is 0.389 e. The van der Waals surface area contributed by atoms with Crippen molar-refractivity contribution in [2.24, 2.45) is 0 Å². The number of β-amino-alcohol motifs (C(OH)–C–C–N with tert-alkyl or cyclic N) is 1. The van der Waals surface area contributed by atoms with Gasteiger partial charge in [-0.25, -0.2) is 28.7 Å². The van der Waals surface area contributed by atoms with Crippen LogP contribution in [0.25, 0.3) is 11.0 Å². The van der Waals surface area contributed by atoms with E-state index in [1.807, 2.05) is 17.0 Å². The van der Waals surface area contributed by atoms with Crippen LogP contribution in [0.1, 0.15) is 41.7 Å². The molecule has 0 atom stereocenters. The Kier molecular flexibility index (Phi) is 6.55. The van der Waals surface area contributed by atoms with Gasteiger partial charge in [-0.1, -0.05) is 6.92 Å². The molecule has 1 amide bonds. The number of nitrogens with zero attached hydrogens (tertiary/aromatic N) is 7. The Labute approximate surface area is 223 Å². The van der Waals surface area contributed by atoms with E-state index in [1.165, 1.54) is 29.6 Å². The van der Waals surface area contributed by atoms with Crippen LogP contribution in [0.5, 0.6) is 0 Å². The topological polar surface area (TPSA) is 112 Å². The van der Waals surface area contributed by atoms with E-state index < -0.39 is 17.7 Å². The molecule has 2 saturated heterocycles. The highest BCUT2D eigenvalue weighted by Crippen LogP contribution is 2.33. The fourth-order valence-electron chi connectivity index (χ4n) is 5.13. The molecule has 0 saturated carbocycles. The number of carbonyl (C=O) groups is 1. The third kappa shape index (κ3) is 4.76. The molecule has 10 nitrogen and oxygen atoms in total. The van der Waals surface area contributed by atoms with Gasteiger partial charge in [0.1, 0.15) is 23.6 Å². The van der Waals surface area contributed by atoms with Gasteiger partial charge < -0.3 is 24.8 Å². The maximum absolute atomic E-state index is 15.2. The second-order valence-electron chi connectivity index (χ2n) is 9.95. The van der Waals surface area contributed by atoms with Gasteiger partial charge in [0.25, 0.3) is 5.91 Å². The fourth-order valence-corrected chi connectivity index (χ4v) is 5.13. The average Bonchev–Trinajstić information content (AvgIpc) is 3.29. The third-order valence-electron chi connectivity index (χ3n) is 7.42. The van der Waals surface area contributed by atoms with Gasteiger partial charge >= 0.3 is 0 Å². The third-order valence-corrected chi connectivity index (χ3v) is 7.42. The zero-order chi connectivity index (χ0) is 27.1. The van der Waals surface area contributed by atoms with Crippen molar-refractivity contribution >= 4 is 34.4 Å². The molecular formula is C27H28F2N8O2. The van der Waals surface area contributed by atoms with Crippen LogP contribution < -0.4 is 10.2 Å².